The Bertz CT molecular complexity index is 992. The first kappa shape index (κ1) is 20.9. The molecule has 1 aliphatic rings. The zero-order chi connectivity index (χ0) is 19.3. The molecular weight excluding hydrogens is 384 g/mol. The summed E-state index contributed by atoms with van der Waals surface area (Å²) in [7, 11) is 0. The van der Waals surface area contributed by atoms with E-state index in [2.05, 4.69) is 47.1 Å². The van der Waals surface area contributed by atoms with Gasteiger partial charge in [0.25, 0.3) is 0 Å². The summed E-state index contributed by atoms with van der Waals surface area (Å²) in [6.45, 7) is 7.51. The number of benzene rings is 2. The van der Waals surface area contributed by atoms with E-state index in [1.165, 1.54) is 10.8 Å². The maximum atomic E-state index is 8.65. The number of nitriles is 1. The van der Waals surface area contributed by atoms with Crippen LogP contribution in [-0.2, 0) is 0 Å². The Hall–Kier alpha value is -2.81. The van der Waals surface area contributed by atoms with Gasteiger partial charge in [0.05, 0.1) is 5.69 Å². The van der Waals surface area contributed by atoms with Crippen LogP contribution in [0.3, 0.4) is 0 Å². The van der Waals surface area contributed by atoms with Crippen molar-refractivity contribution in [3.63, 3.8) is 0 Å². The number of ether oxygens (including phenoxy) is 1. The molecule has 0 radical (unpaired) electrons. The van der Waals surface area contributed by atoms with Gasteiger partial charge in [-0.15, -0.1) is 12.4 Å². The molecule has 2 aromatic carbocycles. The van der Waals surface area contributed by atoms with Gasteiger partial charge in [0.2, 0.25) is 0 Å². The second kappa shape index (κ2) is 9.60. The first-order valence-corrected chi connectivity index (χ1v) is 9.76. The van der Waals surface area contributed by atoms with Crippen LogP contribution in [0.4, 0.5) is 5.82 Å². The predicted molar refractivity (Wildman–Crippen MR) is 120 cm³/mol. The lowest BCUT2D eigenvalue weighted by Gasteiger charge is -2.35. The molecule has 1 saturated heterocycles. The van der Waals surface area contributed by atoms with Gasteiger partial charge in [0.15, 0.2) is 6.61 Å². The summed E-state index contributed by atoms with van der Waals surface area (Å²) >= 11 is 0. The minimum atomic E-state index is 0. The molecule has 3 aromatic rings. The van der Waals surface area contributed by atoms with Crippen LogP contribution in [0.2, 0.25) is 0 Å². The average molecular weight is 409 g/mol. The molecule has 0 atom stereocenters. The third-order valence-electron chi connectivity index (χ3n) is 5.29. The van der Waals surface area contributed by atoms with Gasteiger partial charge in [-0.25, -0.2) is 4.98 Å². The van der Waals surface area contributed by atoms with E-state index in [0.717, 1.165) is 49.8 Å². The number of piperazine rings is 1. The Labute approximate surface area is 177 Å². The van der Waals surface area contributed by atoms with Crippen LogP contribution in [0.25, 0.3) is 22.0 Å². The smallest absolute Gasteiger partial charge is 0.174 e. The summed E-state index contributed by atoms with van der Waals surface area (Å²) < 4.78 is 5.36. The maximum Gasteiger partial charge on any atom is 0.174 e. The number of halogens is 1. The molecular formula is C23H25ClN4O. The highest BCUT2D eigenvalue weighted by Crippen LogP contribution is 2.31. The topological polar surface area (TPSA) is 52.4 Å². The van der Waals surface area contributed by atoms with Crippen LogP contribution in [0.1, 0.15) is 6.92 Å². The van der Waals surface area contributed by atoms with Crippen molar-refractivity contribution in [3.05, 3.63) is 54.6 Å². The highest BCUT2D eigenvalue weighted by molar-refractivity contribution is 5.95. The first-order chi connectivity index (χ1) is 13.8. The van der Waals surface area contributed by atoms with E-state index >= 15 is 0 Å². The van der Waals surface area contributed by atoms with Crippen molar-refractivity contribution in [1.29, 1.82) is 5.26 Å². The molecule has 0 spiro atoms. The molecule has 0 N–H and O–H groups in total. The zero-order valence-electron chi connectivity index (χ0n) is 16.5. The number of anilines is 1. The highest BCUT2D eigenvalue weighted by atomic mass is 35.5. The number of hydrogen-bond donors (Lipinski definition) is 0. The molecule has 150 valence electrons. The number of nitrogens with zero attached hydrogens (tertiary/aromatic N) is 4. The maximum absolute atomic E-state index is 8.65. The average Bonchev–Trinajstić information content (AvgIpc) is 2.77. The second-order valence-corrected chi connectivity index (χ2v) is 6.94. The molecule has 29 heavy (non-hydrogen) atoms. The molecule has 0 bridgehead atoms. The number of fused-ring (bicyclic) bond motifs is 1. The van der Waals surface area contributed by atoms with Crippen LogP contribution in [0.5, 0.6) is 5.75 Å². The van der Waals surface area contributed by atoms with Gasteiger partial charge in [-0.1, -0.05) is 31.2 Å². The highest BCUT2D eigenvalue weighted by Gasteiger charge is 2.19. The van der Waals surface area contributed by atoms with E-state index in [0.29, 0.717) is 5.75 Å². The van der Waals surface area contributed by atoms with Gasteiger partial charge in [0.1, 0.15) is 17.6 Å². The molecule has 1 fully saturated rings. The fourth-order valence-corrected chi connectivity index (χ4v) is 3.68. The van der Waals surface area contributed by atoms with E-state index in [4.69, 9.17) is 15.0 Å². The molecule has 0 unspecified atom stereocenters. The molecule has 2 heterocycles. The lowest BCUT2D eigenvalue weighted by atomic mass is 10.1. The van der Waals surface area contributed by atoms with Crippen LogP contribution >= 0.6 is 12.4 Å². The minimum absolute atomic E-state index is 0. The van der Waals surface area contributed by atoms with Crippen molar-refractivity contribution < 1.29 is 4.74 Å². The number of hydrogen-bond acceptors (Lipinski definition) is 5. The molecule has 1 aromatic heterocycles. The number of pyridine rings is 1. The summed E-state index contributed by atoms with van der Waals surface area (Å²) in [5.74, 6) is 1.76. The zero-order valence-corrected chi connectivity index (χ0v) is 17.4. The van der Waals surface area contributed by atoms with Gasteiger partial charge in [-0.05, 0) is 42.3 Å². The fourth-order valence-electron chi connectivity index (χ4n) is 3.68. The Morgan fingerprint density at radius 3 is 2.45 bits per heavy atom. The van der Waals surface area contributed by atoms with Crippen LogP contribution in [0, 0.1) is 11.3 Å². The lowest BCUT2D eigenvalue weighted by Crippen LogP contribution is -2.46. The van der Waals surface area contributed by atoms with Crippen molar-refractivity contribution in [2.45, 2.75) is 6.92 Å². The van der Waals surface area contributed by atoms with Crippen molar-refractivity contribution in [2.75, 3.05) is 44.2 Å². The Morgan fingerprint density at radius 1 is 1.03 bits per heavy atom. The predicted octanol–water partition coefficient (Wildman–Crippen LogP) is 4.37. The lowest BCUT2D eigenvalue weighted by molar-refractivity contribution is 0.271. The van der Waals surface area contributed by atoms with Crippen molar-refractivity contribution in [1.82, 2.24) is 9.88 Å². The number of likely N-dealkylation sites (N-methyl/N-ethyl adjacent to an activating group) is 1. The van der Waals surface area contributed by atoms with Crippen LogP contribution in [0.15, 0.2) is 54.6 Å². The summed E-state index contributed by atoms with van der Waals surface area (Å²) in [4.78, 5) is 9.93. The molecule has 5 nitrogen and oxygen atoms in total. The Morgan fingerprint density at radius 2 is 1.76 bits per heavy atom. The van der Waals surface area contributed by atoms with E-state index in [1.54, 1.807) is 0 Å². The Kier molecular flexibility index (Phi) is 6.92. The molecule has 6 heteroatoms. The van der Waals surface area contributed by atoms with Crippen molar-refractivity contribution in [3.8, 4) is 23.1 Å². The third-order valence-corrected chi connectivity index (χ3v) is 5.29. The molecule has 0 saturated carbocycles. The normalized spacial score (nSPS) is 14.3. The monoisotopic (exact) mass is 408 g/mol. The van der Waals surface area contributed by atoms with E-state index in [9.17, 15) is 0 Å². The minimum Gasteiger partial charge on any atom is -0.479 e. The first-order valence-electron chi connectivity index (χ1n) is 9.76. The van der Waals surface area contributed by atoms with Crippen LogP contribution in [-0.4, -0.2) is 49.2 Å². The SMILES string of the molecule is CCN1CCN(c2nc(-c3ccc(OCC#N)cc3)cc3ccccc23)CC1.Cl. The summed E-state index contributed by atoms with van der Waals surface area (Å²) in [5, 5.41) is 11.1. The van der Waals surface area contributed by atoms with E-state index < -0.39 is 0 Å². The summed E-state index contributed by atoms with van der Waals surface area (Å²) in [6.07, 6.45) is 0. The summed E-state index contributed by atoms with van der Waals surface area (Å²) in [5.41, 5.74) is 2.00. The third kappa shape index (κ3) is 4.61. The van der Waals surface area contributed by atoms with E-state index in [1.807, 2.05) is 30.3 Å². The van der Waals surface area contributed by atoms with Gasteiger partial charge in [-0.3, -0.25) is 0 Å². The largest absolute Gasteiger partial charge is 0.479 e. The molecule has 0 aliphatic carbocycles. The van der Waals surface area contributed by atoms with Crippen LogP contribution < -0.4 is 9.64 Å². The fraction of sp³-hybridized carbons (Fsp3) is 0.304. The standard InChI is InChI=1S/C23H24N4O.ClH/c1-2-26-12-14-27(15-13-26)23-21-6-4-3-5-19(21)17-22(25-23)18-7-9-20(10-8-18)28-16-11-24;/h3-10,17H,2,12-16H2,1H3;1H. The number of aromatic nitrogens is 1. The second-order valence-electron chi connectivity index (χ2n) is 6.94. The van der Waals surface area contributed by atoms with Gasteiger partial charge in [-0.2, -0.15) is 5.26 Å². The van der Waals surface area contributed by atoms with E-state index in [-0.39, 0.29) is 19.0 Å². The number of rotatable bonds is 5. The van der Waals surface area contributed by atoms with Gasteiger partial charge < -0.3 is 14.5 Å². The van der Waals surface area contributed by atoms with Crippen molar-refractivity contribution >= 4 is 29.0 Å². The van der Waals surface area contributed by atoms with Crippen molar-refractivity contribution in [2.24, 2.45) is 0 Å². The summed E-state index contributed by atoms with van der Waals surface area (Å²) in [6, 6.07) is 20.4. The quantitative estimate of drug-likeness (QED) is 0.627. The van der Waals surface area contributed by atoms with Gasteiger partial charge in [0, 0.05) is 37.1 Å². The van der Waals surface area contributed by atoms with Gasteiger partial charge >= 0.3 is 0 Å². The molecule has 4 rings (SSSR count). The molecule has 1 aliphatic heterocycles. The Balaban J connectivity index is 0.00000240. The molecule has 0 amide bonds.